The number of para-hydroxylation sites is 1. The van der Waals surface area contributed by atoms with E-state index >= 15 is 0 Å². The van der Waals surface area contributed by atoms with Gasteiger partial charge in [0.2, 0.25) is 21.8 Å². The van der Waals surface area contributed by atoms with Gasteiger partial charge in [0.1, 0.15) is 34.3 Å². The second-order valence-corrected chi connectivity index (χ2v) is 21.7. The Labute approximate surface area is 364 Å². The average Bonchev–Trinajstić information content (AvgIpc) is 3.87. The number of alkyl halides is 3. The fraction of sp³-hybridized carbons (Fsp3) is 0.523. The van der Waals surface area contributed by atoms with Crippen molar-refractivity contribution >= 4 is 55.8 Å². The monoisotopic (exact) mass is 897 g/mol. The fourth-order valence-electron chi connectivity index (χ4n) is 7.93. The number of imidazole rings is 1. The van der Waals surface area contributed by atoms with Gasteiger partial charge in [0.25, 0.3) is 11.9 Å². The molecule has 3 heterocycles. The van der Waals surface area contributed by atoms with Crippen LogP contribution in [0.5, 0.6) is 6.01 Å². The Hall–Kier alpha value is -4.97. The summed E-state index contributed by atoms with van der Waals surface area (Å²) in [4.78, 5) is 54.5. The van der Waals surface area contributed by atoms with Crippen molar-refractivity contribution < 1.29 is 40.7 Å². The number of nitrogens with one attached hydrogen (secondary N) is 3. The number of ether oxygens (including phenoxy) is 1. The van der Waals surface area contributed by atoms with Crippen molar-refractivity contribution in [1.82, 2.24) is 29.5 Å². The highest BCUT2D eigenvalue weighted by Gasteiger charge is 2.63. The Morgan fingerprint density at radius 3 is 2.32 bits per heavy atom. The predicted molar refractivity (Wildman–Crippen MR) is 232 cm³/mol. The van der Waals surface area contributed by atoms with Gasteiger partial charge in [0, 0.05) is 35.0 Å². The molecule has 0 spiro atoms. The van der Waals surface area contributed by atoms with Crippen LogP contribution in [0.4, 0.5) is 18.9 Å². The van der Waals surface area contributed by atoms with Crippen molar-refractivity contribution in [2.45, 2.75) is 128 Å². The number of halogens is 3. The molecule has 13 nitrogen and oxygen atoms in total. The van der Waals surface area contributed by atoms with Gasteiger partial charge in [-0.3, -0.25) is 23.7 Å². The molecule has 4 aromatic rings. The molecule has 0 unspecified atom stereocenters. The molecule has 1 saturated heterocycles. The Morgan fingerprint density at radius 2 is 1.74 bits per heavy atom. The number of hydrogen-bond acceptors (Lipinski definition) is 10. The number of amides is 3. The summed E-state index contributed by atoms with van der Waals surface area (Å²) in [6.07, 6.45) is -3.16. The number of thiazole rings is 1. The highest BCUT2D eigenvalue weighted by atomic mass is 32.2. The van der Waals surface area contributed by atoms with E-state index in [4.69, 9.17) is 14.7 Å². The molecule has 3 fully saturated rings. The molecule has 0 radical (unpaired) electrons. The van der Waals surface area contributed by atoms with Crippen LogP contribution in [-0.2, 0) is 30.6 Å². The summed E-state index contributed by atoms with van der Waals surface area (Å²) >= 11 is 1.52. The number of sulfonamides is 1. The van der Waals surface area contributed by atoms with E-state index in [0.29, 0.717) is 18.4 Å². The van der Waals surface area contributed by atoms with E-state index in [-0.39, 0.29) is 43.0 Å². The molecule has 3 amide bonds. The van der Waals surface area contributed by atoms with Crippen LogP contribution in [0.3, 0.4) is 0 Å². The van der Waals surface area contributed by atoms with Gasteiger partial charge in [0.15, 0.2) is 0 Å². The van der Waals surface area contributed by atoms with Crippen LogP contribution in [-0.4, -0.2) is 80.6 Å². The van der Waals surface area contributed by atoms with Crippen LogP contribution < -0.4 is 20.1 Å². The van der Waals surface area contributed by atoms with Crippen molar-refractivity contribution in [2.75, 3.05) is 11.9 Å². The lowest BCUT2D eigenvalue weighted by molar-refractivity contribution is -0.141. The molecule has 2 saturated carbocycles. The zero-order valence-corrected chi connectivity index (χ0v) is 37.7. The maximum Gasteiger partial charge on any atom is 0.416 e. The molecule has 3 N–H and O–H groups in total. The molecule has 2 aromatic heterocycles. The van der Waals surface area contributed by atoms with Crippen LogP contribution in [0.1, 0.15) is 104 Å². The molecule has 62 heavy (non-hydrogen) atoms. The lowest BCUT2D eigenvalue weighted by Crippen LogP contribution is -2.59. The number of hydrogen-bond donors (Lipinski definition) is 3. The van der Waals surface area contributed by atoms with E-state index in [9.17, 15) is 36.0 Å². The minimum Gasteiger partial charge on any atom is -0.459 e. The van der Waals surface area contributed by atoms with Gasteiger partial charge in [-0.15, -0.1) is 17.9 Å². The quantitative estimate of drug-likeness (QED) is 0.107. The fourth-order valence-corrected chi connectivity index (χ4v) is 10.3. The lowest BCUT2D eigenvalue weighted by Gasteiger charge is -2.36. The van der Waals surface area contributed by atoms with Crippen LogP contribution in [0.15, 0.2) is 60.5 Å². The average molecular weight is 898 g/mol. The van der Waals surface area contributed by atoms with Gasteiger partial charge in [-0.25, -0.2) is 13.4 Å². The zero-order chi connectivity index (χ0) is 45.3. The summed E-state index contributed by atoms with van der Waals surface area (Å²) in [5, 5.41) is 8.64. The third-order valence-corrected chi connectivity index (χ3v) is 15.2. The first-order valence-electron chi connectivity index (χ1n) is 20.8. The lowest BCUT2D eigenvalue weighted by atomic mass is 9.85. The number of benzene rings is 2. The Morgan fingerprint density at radius 1 is 1.05 bits per heavy atom. The molecular weight excluding hydrogens is 844 g/mol. The number of anilines is 1. The smallest absolute Gasteiger partial charge is 0.416 e. The van der Waals surface area contributed by atoms with Crippen LogP contribution in [0.25, 0.3) is 21.6 Å². The van der Waals surface area contributed by atoms with Gasteiger partial charge in [0.05, 0.1) is 28.1 Å². The van der Waals surface area contributed by atoms with Gasteiger partial charge in [-0.2, -0.15) is 18.2 Å². The molecule has 7 rings (SSSR count). The number of likely N-dealkylation sites (tertiary alicyclic amines) is 1. The summed E-state index contributed by atoms with van der Waals surface area (Å²) in [7, 11) is -4.06. The first-order chi connectivity index (χ1) is 28.9. The maximum atomic E-state index is 14.9. The Kier molecular flexibility index (Phi) is 11.6. The molecule has 18 heteroatoms. The normalized spacial score (nSPS) is 22.7. The molecule has 2 aliphatic carbocycles. The standard InChI is InChI=1S/C44H54F3N7O6S2/c1-10-26-21-43(26,39(57)52-62(58,59)42(9)17-18-42)51-36(55)33-20-29(22-53(33)38(56)35(41(6,7)8)48-28-14-11-13-27(19-28)44(45,46)47)60-40-50-34-30(37-49-31(23-61-37)24(2)3)15-12-16-32(34)54(40)25(4)5/h10-16,19,23-26,29,33,35,48H,1,17-18,20-22H2,2-9H3,(H,51,55)(H,52,57)/t26-,29-,33+,35-,43-/m1/s1. The largest absolute Gasteiger partial charge is 0.459 e. The van der Waals surface area contributed by atoms with E-state index in [1.165, 1.54) is 34.4 Å². The van der Waals surface area contributed by atoms with Gasteiger partial charge >= 0.3 is 6.18 Å². The van der Waals surface area contributed by atoms with Gasteiger partial charge < -0.3 is 20.3 Å². The van der Waals surface area contributed by atoms with Crippen LogP contribution in [0, 0.1) is 11.3 Å². The molecule has 2 aromatic carbocycles. The van der Waals surface area contributed by atoms with E-state index in [0.717, 1.165) is 33.9 Å². The van der Waals surface area contributed by atoms with Crippen LogP contribution >= 0.6 is 11.3 Å². The molecule has 334 valence electrons. The van der Waals surface area contributed by atoms with Crippen LogP contribution in [0.2, 0.25) is 0 Å². The first kappa shape index (κ1) is 45.1. The summed E-state index contributed by atoms with van der Waals surface area (Å²) in [5.74, 6) is -2.58. The summed E-state index contributed by atoms with van der Waals surface area (Å²) in [6.45, 7) is 18.6. The van der Waals surface area contributed by atoms with Crippen molar-refractivity contribution in [3.05, 3.63) is 71.8 Å². The minimum atomic E-state index is -4.63. The number of carbonyl (C=O) groups excluding carboxylic acids is 3. The highest BCUT2D eigenvalue weighted by Crippen LogP contribution is 2.47. The van der Waals surface area contributed by atoms with Crippen molar-refractivity contribution in [2.24, 2.45) is 11.3 Å². The third-order valence-electron chi connectivity index (χ3n) is 12.2. The summed E-state index contributed by atoms with van der Waals surface area (Å²) in [5.41, 5.74) is -0.151. The topological polar surface area (TPSA) is 165 Å². The maximum absolute atomic E-state index is 14.9. The van der Waals surface area contributed by atoms with Crippen molar-refractivity contribution in [3.8, 4) is 16.6 Å². The molecule has 5 atom stereocenters. The van der Waals surface area contributed by atoms with Crippen molar-refractivity contribution in [3.63, 3.8) is 0 Å². The Balaban J connectivity index is 1.23. The Bertz CT molecular complexity index is 2520. The first-order valence-corrected chi connectivity index (χ1v) is 23.1. The van der Waals surface area contributed by atoms with E-state index in [1.54, 1.807) is 27.7 Å². The minimum absolute atomic E-state index is 0.0521. The molecule has 1 aliphatic heterocycles. The molecule has 3 aliphatic rings. The van der Waals surface area contributed by atoms with E-state index in [2.05, 4.69) is 35.8 Å². The second kappa shape index (κ2) is 16.0. The second-order valence-electron chi connectivity index (χ2n) is 18.7. The van der Waals surface area contributed by atoms with E-state index < -0.39 is 79.3 Å². The molecular formula is C44H54F3N7O6S2. The third kappa shape index (κ3) is 8.56. The summed E-state index contributed by atoms with van der Waals surface area (Å²) in [6, 6.07) is 8.08. The number of rotatable bonds is 14. The SMILES string of the molecule is C=C[C@@H]1C[C@]1(NC(=O)[C@@H]1C[C@@H](Oc2nc3c(-c4nc(C(C)C)cs4)cccc3n2C(C)C)CN1C(=O)[C@@H](Nc1cccc(C(F)(F)F)c1)C(C)(C)C)C(=O)NS(=O)(=O)C1(C)CC1. The number of aromatic nitrogens is 3. The molecule has 0 bridgehead atoms. The van der Waals surface area contributed by atoms with Gasteiger partial charge in [-0.1, -0.05) is 52.8 Å². The highest BCUT2D eigenvalue weighted by molar-refractivity contribution is 7.91. The van der Waals surface area contributed by atoms with Gasteiger partial charge in [-0.05, 0) is 81.7 Å². The van der Waals surface area contributed by atoms with Crippen molar-refractivity contribution in [1.29, 1.82) is 0 Å². The summed E-state index contributed by atoms with van der Waals surface area (Å²) < 4.78 is 77.2. The zero-order valence-electron chi connectivity index (χ0n) is 36.1. The number of fused-ring (bicyclic) bond motifs is 1. The predicted octanol–water partition coefficient (Wildman–Crippen LogP) is 7.82. The van der Waals surface area contributed by atoms with E-state index in [1.807, 2.05) is 42.0 Å². The number of nitrogens with zero attached hydrogens (tertiary/aromatic N) is 4. The number of carbonyl (C=O) groups is 3.